The molecule has 0 atom stereocenters. The van der Waals surface area contributed by atoms with Crippen LogP contribution in [0.25, 0.3) is 22.0 Å². The van der Waals surface area contributed by atoms with E-state index in [1.54, 1.807) is 30.6 Å². The van der Waals surface area contributed by atoms with Crippen LogP contribution in [0.3, 0.4) is 0 Å². The van der Waals surface area contributed by atoms with Crippen molar-refractivity contribution in [3.05, 3.63) is 41.7 Å². The standard InChI is InChI=1S/C13H9ClN4O.C6H13N/c14-7-1-2-9(11(19)5-7)12-8-3-4-16-6-10(8)13(15)18-17-12;1-7-5-3-2-4-6-7/h1-6,19H,(H2,15,18);2-6H2,1H3. The Hall–Kier alpha value is -2.44. The van der Waals surface area contributed by atoms with Crippen LogP contribution in [0.4, 0.5) is 5.82 Å². The number of rotatable bonds is 1. The molecule has 1 aliphatic rings. The number of nitrogens with zero attached hydrogens (tertiary/aromatic N) is 4. The summed E-state index contributed by atoms with van der Waals surface area (Å²) in [6, 6.07) is 6.62. The lowest BCUT2D eigenvalue weighted by molar-refractivity contribution is 0.277. The highest BCUT2D eigenvalue weighted by Gasteiger charge is 2.13. The predicted molar refractivity (Wildman–Crippen MR) is 105 cm³/mol. The van der Waals surface area contributed by atoms with Crippen LogP contribution in [-0.2, 0) is 0 Å². The topological polar surface area (TPSA) is 88.2 Å². The van der Waals surface area contributed by atoms with Crippen LogP contribution in [0.5, 0.6) is 5.75 Å². The third kappa shape index (κ3) is 4.20. The van der Waals surface area contributed by atoms with Gasteiger partial charge in [0.1, 0.15) is 11.4 Å². The fraction of sp³-hybridized carbons (Fsp3) is 0.316. The van der Waals surface area contributed by atoms with Gasteiger partial charge in [-0.3, -0.25) is 4.98 Å². The van der Waals surface area contributed by atoms with Crippen LogP contribution < -0.4 is 5.73 Å². The van der Waals surface area contributed by atoms with Crippen LogP contribution in [-0.4, -0.2) is 45.3 Å². The van der Waals surface area contributed by atoms with Crippen LogP contribution in [0.2, 0.25) is 5.02 Å². The number of anilines is 1. The average Bonchev–Trinajstić information content (AvgIpc) is 2.64. The summed E-state index contributed by atoms with van der Waals surface area (Å²) in [6.45, 7) is 2.64. The Balaban J connectivity index is 0.000000236. The van der Waals surface area contributed by atoms with Crippen molar-refractivity contribution in [1.82, 2.24) is 20.1 Å². The minimum absolute atomic E-state index is 0.0460. The van der Waals surface area contributed by atoms with E-state index >= 15 is 0 Å². The summed E-state index contributed by atoms with van der Waals surface area (Å²) in [6.07, 6.45) is 7.53. The van der Waals surface area contributed by atoms with Gasteiger partial charge in [0.15, 0.2) is 5.82 Å². The molecule has 4 rings (SSSR count). The van der Waals surface area contributed by atoms with Gasteiger partial charge in [0, 0.05) is 33.8 Å². The van der Waals surface area contributed by atoms with E-state index in [1.165, 1.54) is 38.4 Å². The lowest BCUT2D eigenvalue weighted by Gasteiger charge is -2.20. The number of hydrogen-bond donors (Lipinski definition) is 2. The number of aromatic hydroxyl groups is 1. The van der Waals surface area contributed by atoms with Gasteiger partial charge in [0.2, 0.25) is 0 Å². The predicted octanol–water partition coefficient (Wildman–Crippen LogP) is 3.74. The number of hydrogen-bond acceptors (Lipinski definition) is 6. The zero-order valence-corrected chi connectivity index (χ0v) is 15.4. The van der Waals surface area contributed by atoms with Crippen molar-refractivity contribution in [3.8, 4) is 17.0 Å². The Bertz CT molecular complexity index is 896. The quantitative estimate of drug-likeness (QED) is 0.677. The summed E-state index contributed by atoms with van der Waals surface area (Å²) in [5, 5.41) is 19.9. The summed E-state index contributed by atoms with van der Waals surface area (Å²) in [7, 11) is 2.19. The van der Waals surface area contributed by atoms with Crippen LogP contribution >= 0.6 is 11.6 Å². The van der Waals surface area contributed by atoms with E-state index < -0.39 is 0 Å². The maximum Gasteiger partial charge on any atom is 0.155 e. The Kier molecular flexibility index (Phi) is 5.85. The van der Waals surface area contributed by atoms with Gasteiger partial charge in [-0.1, -0.05) is 18.0 Å². The molecular formula is C19H22ClN5O. The summed E-state index contributed by atoms with van der Waals surface area (Å²) in [5.41, 5.74) is 6.86. The van der Waals surface area contributed by atoms with Crippen LogP contribution in [0.15, 0.2) is 36.7 Å². The molecule has 26 heavy (non-hydrogen) atoms. The molecule has 0 bridgehead atoms. The summed E-state index contributed by atoms with van der Waals surface area (Å²) < 4.78 is 0. The van der Waals surface area contributed by atoms with E-state index in [0.717, 1.165) is 5.39 Å². The van der Waals surface area contributed by atoms with Crippen LogP contribution in [0.1, 0.15) is 19.3 Å². The van der Waals surface area contributed by atoms with Crippen molar-refractivity contribution < 1.29 is 5.11 Å². The second kappa shape index (κ2) is 8.29. The van der Waals surface area contributed by atoms with Crippen molar-refractivity contribution in [2.45, 2.75) is 19.3 Å². The second-order valence-electron chi connectivity index (χ2n) is 6.38. The number of nitrogen functional groups attached to an aromatic ring is 1. The van der Waals surface area contributed by atoms with Gasteiger partial charge < -0.3 is 15.7 Å². The lowest BCUT2D eigenvalue weighted by Crippen LogP contribution is -2.24. The Labute approximate surface area is 157 Å². The Morgan fingerprint density at radius 1 is 1.08 bits per heavy atom. The van der Waals surface area contributed by atoms with Gasteiger partial charge in [0.05, 0.1) is 0 Å². The average molecular weight is 372 g/mol. The highest BCUT2D eigenvalue weighted by molar-refractivity contribution is 6.30. The van der Waals surface area contributed by atoms with Crippen molar-refractivity contribution in [2.24, 2.45) is 0 Å². The number of fused-ring (bicyclic) bond motifs is 1. The number of phenols is 1. The molecule has 136 valence electrons. The molecule has 1 fully saturated rings. The highest BCUT2D eigenvalue weighted by atomic mass is 35.5. The number of likely N-dealkylation sites (tertiary alicyclic amines) is 1. The molecule has 1 aliphatic heterocycles. The lowest BCUT2D eigenvalue weighted by atomic mass is 10.1. The number of pyridine rings is 1. The van der Waals surface area contributed by atoms with E-state index in [0.29, 0.717) is 27.5 Å². The van der Waals surface area contributed by atoms with Gasteiger partial charge in [-0.05, 0) is 57.2 Å². The van der Waals surface area contributed by atoms with Crippen molar-refractivity contribution in [1.29, 1.82) is 0 Å². The molecule has 0 aliphatic carbocycles. The summed E-state index contributed by atoms with van der Waals surface area (Å²) in [5.74, 6) is 0.352. The van der Waals surface area contributed by atoms with Crippen molar-refractivity contribution in [2.75, 3.05) is 25.9 Å². The van der Waals surface area contributed by atoms with Gasteiger partial charge in [-0.25, -0.2) is 0 Å². The fourth-order valence-electron chi connectivity index (χ4n) is 2.97. The number of benzene rings is 1. The maximum absolute atomic E-state index is 9.97. The smallest absolute Gasteiger partial charge is 0.155 e. The molecule has 0 radical (unpaired) electrons. The molecule has 7 heteroatoms. The fourth-order valence-corrected chi connectivity index (χ4v) is 3.14. The number of halogens is 1. The van der Waals surface area contributed by atoms with Gasteiger partial charge in [-0.15, -0.1) is 10.2 Å². The zero-order valence-electron chi connectivity index (χ0n) is 14.7. The molecule has 1 aromatic carbocycles. The molecule has 2 aromatic heterocycles. The largest absolute Gasteiger partial charge is 0.507 e. The number of phenolic OH excluding ortho intramolecular Hbond substituents is 1. The first-order valence-electron chi connectivity index (χ1n) is 8.59. The monoisotopic (exact) mass is 371 g/mol. The van der Waals surface area contributed by atoms with E-state index in [-0.39, 0.29) is 5.75 Å². The van der Waals surface area contributed by atoms with Gasteiger partial charge >= 0.3 is 0 Å². The first-order valence-corrected chi connectivity index (χ1v) is 8.97. The minimum atomic E-state index is 0.0460. The van der Waals surface area contributed by atoms with Crippen molar-refractivity contribution >= 4 is 28.2 Å². The third-order valence-electron chi connectivity index (χ3n) is 4.40. The molecule has 0 unspecified atom stereocenters. The molecule has 0 spiro atoms. The number of nitrogens with two attached hydrogens (primary N) is 1. The van der Waals surface area contributed by atoms with Gasteiger partial charge in [0.25, 0.3) is 0 Å². The summed E-state index contributed by atoms with van der Waals surface area (Å²) >= 11 is 5.82. The summed E-state index contributed by atoms with van der Waals surface area (Å²) in [4.78, 5) is 6.41. The maximum atomic E-state index is 9.97. The van der Waals surface area contributed by atoms with E-state index in [1.807, 2.05) is 0 Å². The Morgan fingerprint density at radius 3 is 2.50 bits per heavy atom. The second-order valence-corrected chi connectivity index (χ2v) is 6.82. The molecule has 0 amide bonds. The van der Waals surface area contributed by atoms with E-state index in [4.69, 9.17) is 17.3 Å². The Morgan fingerprint density at radius 2 is 1.85 bits per heavy atom. The number of piperidine rings is 1. The molecule has 6 nitrogen and oxygen atoms in total. The molecule has 1 saturated heterocycles. The first-order chi connectivity index (χ1) is 12.6. The molecule has 3 heterocycles. The normalized spacial score (nSPS) is 14.7. The number of aromatic nitrogens is 3. The molecule has 0 saturated carbocycles. The minimum Gasteiger partial charge on any atom is -0.507 e. The van der Waals surface area contributed by atoms with Crippen molar-refractivity contribution in [3.63, 3.8) is 0 Å². The van der Waals surface area contributed by atoms with Crippen LogP contribution in [0, 0.1) is 0 Å². The van der Waals surface area contributed by atoms with E-state index in [9.17, 15) is 5.11 Å². The first kappa shape index (κ1) is 18.4. The molecule has 3 aromatic rings. The third-order valence-corrected chi connectivity index (χ3v) is 4.64. The van der Waals surface area contributed by atoms with Gasteiger partial charge in [-0.2, -0.15) is 0 Å². The molecule has 3 N–H and O–H groups in total. The zero-order chi connectivity index (χ0) is 18.5. The highest BCUT2D eigenvalue weighted by Crippen LogP contribution is 2.34. The van der Waals surface area contributed by atoms with E-state index in [2.05, 4.69) is 27.1 Å². The molecular weight excluding hydrogens is 350 g/mol. The SMILES string of the molecule is CN1CCCCC1.Nc1nnc(-c2ccc(Cl)cc2O)c2ccncc12.